The minimum absolute atomic E-state index is 0.0370. The summed E-state index contributed by atoms with van der Waals surface area (Å²) in [4.78, 5) is 14.6. The van der Waals surface area contributed by atoms with E-state index in [0.29, 0.717) is 19.1 Å². The molecule has 0 radical (unpaired) electrons. The quantitative estimate of drug-likeness (QED) is 0.853. The third-order valence-electron chi connectivity index (χ3n) is 4.84. The van der Waals surface area contributed by atoms with E-state index in [0.717, 1.165) is 25.8 Å². The Morgan fingerprint density at radius 3 is 2.62 bits per heavy atom. The second-order valence-electron chi connectivity index (χ2n) is 6.22. The van der Waals surface area contributed by atoms with E-state index >= 15 is 0 Å². The number of hydrogen-bond acceptors (Lipinski definition) is 2. The molecule has 114 valence electrons. The monoisotopic (exact) mass is 287 g/mol. The molecule has 1 aliphatic carbocycles. The van der Waals surface area contributed by atoms with Crippen molar-refractivity contribution in [3.8, 4) is 0 Å². The Morgan fingerprint density at radius 2 is 1.95 bits per heavy atom. The molecular formula is C18H25NO2. The molecule has 1 unspecified atom stereocenters. The van der Waals surface area contributed by atoms with Crippen LogP contribution < -0.4 is 0 Å². The van der Waals surface area contributed by atoms with E-state index in [9.17, 15) is 4.79 Å². The van der Waals surface area contributed by atoms with Crippen molar-refractivity contribution in [3.05, 3.63) is 35.4 Å². The molecule has 3 nitrogen and oxygen atoms in total. The summed E-state index contributed by atoms with van der Waals surface area (Å²) in [5.74, 6) is 0.622. The summed E-state index contributed by atoms with van der Waals surface area (Å²) in [6.07, 6.45) is 5.66. The molecule has 0 aromatic heterocycles. The van der Waals surface area contributed by atoms with Crippen LogP contribution in [-0.2, 0) is 16.0 Å². The van der Waals surface area contributed by atoms with E-state index < -0.39 is 0 Å². The average molecular weight is 287 g/mol. The fourth-order valence-corrected chi connectivity index (χ4v) is 3.45. The number of aryl methyl sites for hydroxylation is 1. The van der Waals surface area contributed by atoms with E-state index in [1.165, 1.54) is 24.0 Å². The number of rotatable bonds is 3. The molecule has 0 N–H and O–H groups in total. The van der Waals surface area contributed by atoms with E-state index in [2.05, 4.69) is 31.2 Å². The van der Waals surface area contributed by atoms with Gasteiger partial charge in [0.25, 0.3) is 0 Å². The van der Waals surface area contributed by atoms with Crippen molar-refractivity contribution < 1.29 is 9.53 Å². The summed E-state index contributed by atoms with van der Waals surface area (Å²) in [6.45, 7) is 4.27. The van der Waals surface area contributed by atoms with Crippen LogP contribution in [0, 0.1) is 5.92 Å². The van der Waals surface area contributed by atoms with Crippen LogP contribution in [0.25, 0.3) is 0 Å². The summed E-state index contributed by atoms with van der Waals surface area (Å²) in [5, 5.41) is 0. The molecule has 3 heteroatoms. The molecule has 1 amide bonds. The van der Waals surface area contributed by atoms with Gasteiger partial charge < -0.3 is 9.64 Å². The lowest BCUT2D eigenvalue weighted by Gasteiger charge is -2.34. The lowest BCUT2D eigenvalue weighted by molar-refractivity contribution is -0.143. The highest BCUT2D eigenvalue weighted by Gasteiger charge is 2.31. The lowest BCUT2D eigenvalue weighted by Crippen LogP contribution is -2.44. The minimum Gasteiger partial charge on any atom is -0.370 e. The largest absolute Gasteiger partial charge is 0.370 e. The second kappa shape index (κ2) is 6.61. The van der Waals surface area contributed by atoms with Crippen LogP contribution in [-0.4, -0.2) is 30.5 Å². The highest BCUT2D eigenvalue weighted by atomic mass is 16.5. The molecule has 1 aromatic rings. The number of carbonyl (C=O) groups is 1. The summed E-state index contributed by atoms with van der Waals surface area (Å²) in [6, 6.07) is 8.62. The number of nitrogens with zero attached hydrogens (tertiary/aromatic N) is 1. The van der Waals surface area contributed by atoms with Crippen molar-refractivity contribution in [2.75, 3.05) is 19.7 Å². The molecule has 1 atom stereocenters. The van der Waals surface area contributed by atoms with Crippen LogP contribution in [0.2, 0.25) is 0 Å². The first-order valence-corrected chi connectivity index (χ1v) is 8.27. The van der Waals surface area contributed by atoms with Crippen LogP contribution in [0.4, 0.5) is 0 Å². The van der Waals surface area contributed by atoms with Crippen molar-refractivity contribution >= 4 is 5.91 Å². The maximum absolute atomic E-state index is 12.5. The molecule has 2 aliphatic rings. The zero-order chi connectivity index (χ0) is 14.7. The summed E-state index contributed by atoms with van der Waals surface area (Å²) in [5.41, 5.74) is 2.53. The van der Waals surface area contributed by atoms with Crippen molar-refractivity contribution in [3.63, 3.8) is 0 Å². The zero-order valence-corrected chi connectivity index (χ0v) is 12.9. The fourth-order valence-electron chi connectivity index (χ4n) is 3.45. The molecule has 2 fully saturated rings. The maximum atomic E-state index is 12.5. The van der Waals surface area contributed by atoms with Crippen LogP contribution >= 0.6 is 0 Å². The molecule has 1 saturated heterocycles. The average Bonchev–Trinajstić information content (AvgIpc) is 3.09. The van der Waals surface area contributed by atoms with Crippen molar-refractivity contribution in [1.82, 2.24) is 4.90 Å². The zero-order valence-electron chi connectivity index (χ0n) is 12.9. The number of amides is 1. The van der Waals surface area contributed by atoms with Crippen LogP contribution in [0.15, 0.2) is 24.3 Å². The lowest BCUT2D eigenvalue weighted by atomic mass is 10.0. The summed E-state index contributed by atoms with van der Waals surface area (Å²) in [7, 11) is 0. The third kappa shape index (κ3) is 3.29. The molecule has 1 saturated carbocycles. The highest BCUT2D eigenvalue weighted by molar-refractivity contribution is 5.79. The second-order valence-corrected chi connectivity index (χ2v) is 6.22. The SMILES string of the molecule is CCc1ccc(C2CN(C(=O)C3CCCC3)CCO2)cc1. The summed E-state index contributed by atoms with van der Waals surface area (Å²) < 4.78 is 5.89. The van der Waals surface area contributed by atoms with Gasteiger partial charge in [0.1, 0.15) is 6.10 Å². The van der Waals surface area contributed by atoms with Gasteiger partial charge in [0, 0.05) is 12.5 Å². The normalized spacial score (nSPS) is 23.5. The predicted octanol–water partition coefficient (Wildman–Crippen LogP) is 3.34. The molecule has 1 heterocycles. The first-order valence-electron chi connectivity index (χ1n) is 8.27. The maximum Gasteiger partial charge on any atom is 0.225 e. The van der Waals surface area contributed by atoms with Gasteiger partial charge in [-0.2, -0.15) is 0 Å². The Morgan fingerprint density at radius 1 is 1.24 bits per heavy atom. The van der Waals surface area contributed by atoms with Crippen molar-refractivity contribution in [2.45, 2.75) is 45.1 Å². The smallest absolute Gasteiger partial charge is 0.225 e. The van der Waals surface area contributed by atoms with E-state index in [1.54, 1.807) is 0 Å². The molecule has 0 bridgehead atoms. The van der Waals surface area contributed by atoms with Crippen molar-refractivity contribution in [1.29, 1.82) is 0 Å². The number of morpholine rings is 1. The third-order valence-corrected chi connectivity index (χ3v) is 4.84. The Kier molecular flexibility index (Phi) is 4.59. The Balaban J connectivity index is 1.65. The molecular weight excluding hydrogens is 262 g/mol. The van der Waals surface area contributed by atoms with Gasteiger partial charge in [-0.3, -0.25) is 4.79 Å². The van der Waals surface area contributed by atoms with Crippen LogP contribution in [0.3, 0.4) is 0 Å². The minimum atomic E-state index is 0.0370. The van der Waals surface area contributed by atoms with E-state index in [-0.39, 0.29) is 12.0 Å². The Bertz CT molecular complexity index is 476. The Hall–Kier alpha value is -1.35. The predicted molar refractivity (Wildman–Crippen MR) is 83.1 cm³/mol. The van der Waals surface area contributed by atoms with Gasteiger partial charge in [0.05, 0.1) is 13.2 Å². The van der Waals surface area contributed by atoms with Gasteiger partial charge in [-0.15, -0.1) is 0 Å². The molecule has 3 rings (SSSR count). The highest BCUT2D eigenvalue weighted by Crippen LogP contribution is 2.29. The number of carbonyl (C=O) groups excluding carboxylic acids is 1. The van der Waals surface area contributed by atoms with Gasteiger partial charge in [0.15, 0.2) is 0 Å². The van der Waals surface area contributed by atoms with Gasteiger partial charge in [0.2, 0.25) is 5.91 Å². The standard InChI is InChI=1S/C18H25NO2/c1-2-14-7-9-15(10-8-14)17-13-19(11-12-21-17)18(20)16-5-3-4-6-16/h7-10,16-17H,2-6,11-13H2,1H3. The first kappa shape index (κ1) is 14.6. The van der Waals surface area contributed by atoms with Crippen molar-refractivity contribution in [2.24, 2.45) is 5.92 Å². The molecule has 1 aromatic carbocycles. The van der Waals surface area contributed by atoms with Gasteiger partial charge in [-0.05, 0) is 30.4 Å². The number of hydrogen-bond donors (Lipinski definition) is 0. The van der Waals surface area contributed by atoms with Crippen LogP contribution in [0.1, 0.15) is 49.8 Å². The van der Waals surface area contributed by atoms with Gasteiger partial charge in [-0.25, -0.2) is 0 Å². The van der Waals surface area contributed by atoms with Crippen LogP contribution in [0.5, 0.6) is 0 Å². The Labute approximate surface area is 127 Å². The fraction of sp³-hybridized carbons (Fsp3) is 0.611. The summed E-state index contributed by atoms with van der Waals surface area (Å²) >= 11 is 0. The molecule has 21 heavy (non-hydrogen) atoms. The number of benzene rings is 1. The molecule has 0 spiro atoms. The number of ether oxygens (including phenoxy) is 1. The van der Waals surface area contributed by atoms with E-state index in [1.807, 2.05) is 4.90 Å². The van der Waals surface area contributed by atoms with Gasteiger partial charge >= 0.3 is 0 Å². The topological polar surface area (TPSA) is 29.5 Å². The van der Waals surface area contributed by atoms with Gasteiger partial charge in [-0.1, -0.05) is 44.0 Å². The van der Waals surface area contributed by atoms with E-state index in [4.69, 9.17) is 4.74 Å². The first-order chi connectivity index (χ1) is 10.3. The molecule has 1 aliphatic heterocycles.